The van der Waals surface area contributed by atoms with Crippen LogP contribution >= 0.6 is 10.9 Å². The quantitative estimate of drug-likeness (QED) is 0.207. The van der Waals surface area contributed by atoms with E-state index in [1.807, 2.05) is 49.4 Å². The van der Waals surface area contributed by atoms with Gasteiger partial charge in [0, 0.05) is 5.56 Å². The number of nitrogens with zero attached hydrogens (tertiary/aromatic N) is 1. The molecule has 1 aliphatic rings. The Balaban J connectivity index is 1.74. The van der Waals surface area contributed by atoms with Crippen LogP contribution < -0.4 is 0 Å². The standard InChI is InChI=1S/C23H23NO3S/c1-2-3-11-21(24-27-23(26)19-9-5-4-6-10-19)22(25)18-12-14-20(15-13-18)28-16-7-8-17-28/h4-10,12-17,28H,2-3,11H2,1H3. The highest BCUT2D eigenvalue weighted by atomic mass is 32.2. The average Bonchev–Trinajstić information content (AvgIpc) is 3.29. The van der Waals surface area contributed by atoms with Crippen LogP contribution in [-0.2, 0) is 4.84 Å². The van der Waals surface area contributed by atoms with Crippen LogP contribution in [-0.4, -0.2) is 17.5 Å². The van der Waals surface area contributed by atoms with Crippen molar-refractivity contribution in [3.63, 3.8) is 0 Å². The van der Waals surface area contributed by atoms with Gasteiger partial charge in [0.2, 0.25) is 5.78 Å². The summed E-state index contributed by atoms with van der Waals surface area (Å²) in [5, 5.41) is 8.25. The second-order valence-corrected chi connectivity index (χ2v) is 8.28. The highest BCUT2D eigenvalue weighted by molar-refractivity contribution is 8.22. The third-order valence-electron chi connectivity index (χ3n) is 4.31. The number of thiol groups is 1. The zero-order valence-corrected chi connectivity index (χ0v) is 16.6. The molecule has 1 heterocycles. The van der Waals surface area contributed by atoms with Crippen molar-refractivity contribution < 1.29 is 14.4 Å². The zero-order chi connectivity index (χ0) is 19.8. The molecular weight excluding hydrogens is 370 g/mol. The molecule has 2 aromatic rings. The van der Waals surface area contributed by atoms with Gasteiger partial charge < -0.3 is 4.84 Å². The second-order valence-electron chi connectivity index (χ2n) is 6.35. The summed E-state index contributed by atoms with van der Waals surface area (Å²) in [6.45, 7) is 2.04. The van der Waals surface area contributed by atoms with Crippen molar-refractivity contribution in [2.75, 3.05) is 0 Å². The van der Waals surface area contributed by atoms with E-state index in [1.54, 1.807) is 24.3 Å². The highest BCUT2D eigenvalue weighted by Crippen LogP contribution is 2.41. The summed E-state index contributed by atoms with van der Waals surface area (Å²) in [5.41, 5.74) is 1.22. The maximum atomic E-state index is 12.9. The Bertz CT molecular complexity index is 903. The molecule has 1 aliphatic heterocycles. The molecule has 0 radical (unpaired) electrons. The summed E-state index contributed by atoms with van der Waals surface area (Å²) in [6, 6.07) is 16.2. The van der Waals surface area contributed by atoms with Crippen LogP contribution in [0.2, 0.25) is 0 Å². The highest BCUT2D eigenvalue weighted by Gasteiger charge is 2.17. The molecule has 3 rings (SSSR count). The summed E-state index contributed by atoms with van der Waals surface area (Å²) in [6.07, 6.45) is 6.27. The SMILES string of the molecule is CCCCC(=NOC(=O)c1ccccc1)C(=O)c1ccc([SH]2C=CC=C2)cc1. The third kappa shape index (κ3) is 5.08. The molecule has 0 saturated carbocycles. The van der Waals surface area contributed by atoms with Crippen LogP contribution in [0.25, 0.3) is 0 Å². The van der Waals surface area contributed by atoms with Crippen molar-refractivity contribution in [1.82, 2.24) is 0 Å². The normalized spacial score (nSPS) is 14.3. The topological polar surface area (TPSA) is 55.7 Å². The Kier molecular flexibility index (Phi) is 6.98. The predicted octanol–water partition coefficient (Wildman–Crippen LogP) is 5.67. The summed E-state index contributed by atoms with van der Waals surface area (Å²) in [4.78, 5) is 31.3. The number of ketones is 1. The number of unbranched alkanes of at least 4 members (excludes halogenated alkanes) is 1. The number of allylic oxidation sites excluding steroid dienone is 2. The van der Waals surface area contributed by atoms with Gasteiger partial charge in [-0.3, -0.25) is 4.79 Å². The number of rotatable bonds is 8. The largest absolute Gasteiger partial charge is 0.365 e. The second kappa shape index (κ2) is 9.85. The van der Waals surface area contributed by atoms with Gasteiger partial charge in [-0.2, -0.15) is 10.9 Å². The minimum absolute atomic E-state index is 0.203. The van der Waals surface area contributed by atoms with Crippen molar-refractivity contribution in [3.05, 3.63) is 88.7 Å². The molecule has 0 unspecified atom stereocenters. The van der Waals surface area contributed by atoms with E-state index < -0.39 is 16.9 Å². The van der Waals surface area contributed by atoms with Crippen LogP contribution in [0, 0.1) is 0 Å². The maximum absolute atomic E-state index is 12.9. The molecule has 0 fully saturated rings. The van der Waals surface area contributed by atoms with Gasteiger partial charge in [-0.15, -0.1) is 0 Å². The van der Waals surface area contributed by atoms with E-state index in [1.165, 1.54) is 4.90 Å². The van der Waals surface area contributed by atoms with Crippen LogP contribution in [0.3, 0.4) is 0 Å². The van der Waals surface area contributed by atoms with Crippen LogP contribution in [0.5, 0.6) is 0 Å². The first kappa shape index (κ1) is 19.8. The lowest BCUT2D eigenvalue weighted by atomic mass is 10.0. The molecule has 5 heteroatoms. The maximum Gasteiger partial charge on any atom is 0.365 e. The van der Waals surface area contributed by atoms with E-state index in [-0.39, 0.29) is 11.5 Å². The van der Waals surface area contributed by atoms with Gasteiger partial charge in [0.05, 0.1) is 5.56 Å². The van der Waals surface area contributed by atoms with E-state index in [0.29, 0.717) is 17.5 Å². The van der Waals surface area contributed by atoms with E-state index in [0.717, 1.165) is 12.8 Å². The molecular formula is C23H23NO3S. The molecule has 144 valence electrons. The fraction of sp³-hybridized carbons (Fsp3) is 0.174. The summed E-state index contributed by atoms with van der Waals surface area (Å²) in [5.74, 6) is -0.772. The number of Topliss-reactive ketones (excluding diaryl/α,β-unsaturated/α-hetero) is 1. The number of oxime groups is 1. The molecule has 0 amide bonds. The Hall–Kier alpha value is -2.92. The Morgan fingerprint density at radius 2 is 1.61 bits per heavy atom. The van der Waals surface area contributed by atoms with Gasteiger partial charge in [-0.1, -0.05) is 48.9 Å². The fourth-order valence-electron chi connectivity index (χ4n) is 2.73. The van der Waals surface area contributed by atoms with Gasteiger partial charge in [0.1, 0.15) is 5.71 Å². The molecule has 0 N–H and O–H groups in total. The molecule has 2 aromatic carbocycles. The smallest absolute Gasteiger partial charge is 0.312 e. The number of hydrogen-bond acceptors (Lipinski definition) is 4. The Morgan fingerprint density at radius 1 is 0.929 bits per heavy atom. The zero-order valence-electron chi connectivity index (χ0n) is 15.7. The van der Waals surface area contributed by atoms with Crippen LogP contribution in [0.15, 0.2) is 87.6 Å². The van der Waals surface area contributed by atoms with Crippen molar-refractivity contribution >= 4 is 28.4 Å². The van der Waals surface area contributed by atoms with Gasteiger partial charge in [-0.25, -0.2) is 4.79 Å². The van der Waals surface area contributed by atoms with Crippen LogP contribution in [0.1, 0.15) is 46.9 Å². The first-order valence-electron chi connectivity index (χ1n) is 9.30. The minimum Gasteiger partial charge on any atom is -0.312 e. The fourth-order valence-corrected chi connectivity index (χ4v) is 4.23. The van der Waals surface area contributed by atoms with Crippen molar-refractivity contribution in [2.45, 2.75) is 31.1 Å². The summed E-state index contributed by atoms with van der Waals surface area (Å²) in [7, 11) is -0.410. The van der Waals surface area contributed by atoms with E-state index in [4.69, 9.17) is 4.84 Å². The average molecular weight is 394 g/mol. The van der Waals surface area contributed by atoms with E-state index in [9.17, 15) is 9.59 Å². The lowest BCUT2D eigenvalue weighted by Gasteiger charge is -2.11. The molecule has 4 nitrogen and oxygen atoms in total. The molecule has 0 aromatic heterocycles. The number of carbonyl (C=O) groups excluding carboxylic acids is 2. The minimum atomic E-state index is -0.569. The third-order valence-corrected chi connectivity index (χ3v) is 6.19. The van der Waals surface area contributed by atoms with Gasteiger partial charge in [-0.05, 0) is 65.0 Å². The first-order valence-corrected chi connectivity index (χ1v) is 10.8. The van der Waals surface area contributed by atoms with Gasteiger partial charge in [0.25, 0.3) is 0 Å². The molecule has 0 aliphatic carbocycles. The van der Waals surface area contributed by atoms with Crippen LogP contribution in [0.4, 0.5) is 0 Å². The molecule has 0 saturated heterocycles. The molecule has 0 atom stereocenters. The summed E-state index contributed by atoms with van der Waals surface area (Å²) < 4.78 is 0. The lowest BCUT2D eigenvalue weighted by molar-refractivity contribution is 0.0514. The van der Waals surface area contributed by atoms with Crippen molar-refractivity contribution in [1.29, 1.82) is 0 Å². The monoisotopic (exact) mass is 393 g/mol. The van der Waals surface area contributed by atoms with Gasteiger partial charge >= 0.3 is 5.97 Å². The first-order chi connectivity index (χ1) is 13.7. The molecule has 28 heavy (non-hydrogen) atoms. The van der Waals surface area contributed by atoms with Crippen molar-refractivity contribution in [2.24, 2.45) is 5.16 Å². The van der Waals surface area contributed by atoms with E-state index >= 15 is 0 Å². The Morgan fingerprint density at radius 3 is 2.25 bits per heavy atom. The Labute approximate surface area is 167 Å². The predicted molar refractivity (Wildman–Crippen MR) is 115 cm³/mol. The molecule has 0 spiro atoms. The van der Waals surface area contributed by atoms with E-state index in [2.05, 4.69) is 16.0 Å². The number of carbonyl (C=O) groups is 2. The number of benzene rings is 2. The molecule has 0 bridgehead atoms. The van der Waals surface area contributed by atoms with Crippen molar-refractivity contribution in [3.8, 4) is 0 Å². The van der Waals surface area contributed by atoms with Gasteiger partial charge in [0.15, 0.2) is 0 Å². The number of hydrogen-bond donors (Lipinski definition) is 1. The lowest BCUT2D eigenvalue weighted by Crippen LogP contribution is -2.16. The summed E-state index contributed by atoms with van der Waals surface area (Å²) >= 11 is 0.